The van der Waals surface area contributed by atoms with Crippen molar-refractivity contribution in [2.24, 2.45) is 7.05 Å². The summed E-state index contributed by atoms with van der Waals surface area (Å²) in [6.07, 6.45) is 7.84. The molecule has 0 spiro atoms. The summed E-state index contributed by atoms with van der Waals surface area (Å²) in [5.74, 6) is 0.916. The van der Waals surface area contributed by atoms with Crippen molar-refractivity contribution >= 4 is 17.7 Å². The Labute approximate surface area is 202 Å². The number of carbonyl (C=O) groups excluding carboxylic acids is 1. The van der Waals surface area contributed by atoms with Crippen molar-refractivity contribution in [2.75, 3.05) is 5.75 Å². The van der Waals surface area contributed by atoms with Gasteiger partial charge in [0.05, 0.1) is 0 Å². The van der Waals surface area contributed by atoms with E-state index in [0.29, 0.717) is 18.9 Å². The van der Waals surface area contributed by atoms with Crippen molar-refractivity contribution in [1.82, 2.24) is 14.9 Å². The number of aryl methyl sites for hydroxylation is 1. The Balaban J connectivity index is 1.55. The van der Waals surface area contributed by atoms with E-state index < -0.39 is 0 Å². The highest BCUT2D eigenvalue weighted by atomic mass is 32.2. The van der Waals surface area contributed by atoms with Crippen LogP contribution in [0.25, 0.3) is 0 Å². The molecule has 33 heavy (non-hydrogen) atoms. The number of benzene rings is 1. The van der Waals surface area contributed by atoms with Gasteiger partial charge in [-0.3, -0.25) is 14.2 Å². The van der Waals surface area contributed by atoms with Gasteiger partial charge in [-0.2, -0.15) is 0 Å². The molecule has 3 rings (SSSR count). The predicted molar refractivity (Wildman–Crippen MR) is 137 cm³/mol. The smallest absolute Gasteiger partial charge is 0.257 e. The molecule has 2 aromatic rings. The van der Waals surface area contributed by atoms with Crippen LogP contribution in [0.1, 0.15) is 88.1 Å². The molecule has 0 atom stereocenters. The van der Waals surface area contributed by atoms with Crippen LogP contribution in [0, 0.1) is 6.92 Å². The van der Waals surface area contributed by atoms with Crippen LogP contribution in [0.15, 0.2) is 34.2 Å². The summed E-state index contributed by atoms with van der Waals surface area (Å²) in [4.78, 5) is 30.0. The molecular formula is C27H39N3O2S. The molecule has 0 radical (unpaired) electrons. The van der Waals surface area contributed by atoms with Gasteiger partial charge in [-0.15, -0.1) is 0 Å². The van der Waals surface area contributed by atoms with E-state index >= 15 is 0 Å². The first-order chi connectivity index (χ1) is 15.6. The molecule has 180 valence electrons. The first-order valence-corrected chi connectivity index (χ1v) is 13.2. The average Bonchev–Trinajstić information content (AvgIpc) is 2.78. The van der Waals surface area contributed by atoms with Crippen LogP contribution in [-0.2, 0) is 23.7 Å². The lowest BCUT2D eigenvalue weighted by Gasteiger charge is -2.22. The fraction of sp³-hybridized carbons (Fsp3) is 0.593. The van der Waals surface area contributed by atoms with Crippen LogP contribution in [0.3, 0.4) is 0 Å². The number of rotatable bonds is 8. The van der Waals surface area contributed by atoms with Gasteiger partial charge in [0.25, 0.3) is 5.56 Å². The van der Waals surface area contributed by atoms with Crippen molar-refractivity contribution in [3.05, 3.63) is 57.0 Å². The molecular weight excluding hydrogens is 430 g/mol. The second-order valence-electron chi connectivity index (χ2n) is 10.3. The van der Waals surface area contributed by atoms with Gasteiger partial charge in [-0.25, -0.2) is 4.98 Å². The second kappa shape index (κ2) is 11.4. The Bertz CT molecular complexity index is 1000. The highest BCUT2D eigenvalue weighted by Crippen LogP contribution is 2.23. The first kappa shape index (κ1) is 25.5. The highest BCUT2D eigenvalue weighted by Gasteiger charge is 2.17. The normalized spacial score (nSPS) is 14.9. The molecule has 0 unspecified atom stereocenters. The summed E-state index contributed by atoms with van der Waals surface area (Å²) < 4.78 is 1.65. The van der Waals surface area contributed by atoms with Crippen molar-refractivity contribution in [3.63, 3.8) is 0 Å². The standard InChI is InChI=1S/C27H39N3O2S/c1-19-23(18-20-13-15-21(16-14-20)27(2,3)4)25(32)30(5)26(28-19)33-17-9-12-24(31)29-22-10-7-6-8-11-22/h13-16,22H,6-12,17-18H2,1-5H3,(H,29,31). The third kappa shape index (κ3) is 7.20. The van der Waals surface area contributed by atoms with E-state index in [4.69, 9.17) is 4.98 Å². The molecule has 6 heteroatoms. The van der Waals surface area contributed by atoms with Gasteiger partial charge in [0.1, 0.15) is 0 Å². The minimum Gasteiger partial charge on any atom is -0.353 e. The SMILES string of the molecule is Cc1nc(SCCCC(=O)NC2CCCCC2)n(C)c(=O)c1Cc1ccc(C(C)(C)C)cc1. The minimum atomic E-state index is 0.0138. The zero-order valence-electron chi connectivity index (χ0n) is 20.9. The molecule has 0 bridgehead atoms. The largest absolute Gasteiger partial charge is 0.353 e. The Morgan fingerprint density at radius 2 is 1.82 bits per heavy atom. The molecule has 1 saturated carbocycles. The molecule has 0 aliphatic heterocycles. The van der Waals surface area contributed by atoms with Gasteiger partial charge in [0.2, 0.25) is 5.91 Å². The number of hydrogen-bond acceptors (Lipinski definition) is 4. The number of carbonyl (C=O) groups is 1. The Morgan fingerprint density at radius 3 is 2.45 bits per heavy atom. The Hall–Kier alpha value is -2.08. The van der Waals surface area contributed by atoms with Gasteiger partial charge in [-0.1, -0.05) is 76.1 Å². The van der Waals surface area contributed by atoms with Crippen LogP contribution in [0.5, 0.6) is 0 Å². The van der Waals surface area contributed by atoms with E-state index in [2.05, 4.69) is 50.4 Å². The highest BCUT2D eigenvalue weighted by molar-refractivity contribution is 7.99. The molecule has 1 N–H and O–H groups in total. The average molecular weight is 470 g/mol. The predicted octanol–water partition coefficient (Wildman–Crippen LogP) is 5.30. The lowest BCUT2D eigenvalue weighted by Crippen LogP contribution is -2.36. The van der Waals surface area contributed by atoms with Crippen molar-refractivity contribution < 1.29 is 4.79 Å². The quantitative estimate of drug-likeness (QED) is 0.324. The fourth-order valence-corrected chi connectivity index (χ4v) is 5.28. The first-order valence-electron chi connectivity index (χ1n) is 12.2. The molecule has 1 fully saturated rings. The maximum atomic E-state index is 13.0. The molecule has 1 heterocycles. The number of nitrogens with zero attached hydrogens (tertiary/aromatic N) is 2. The summed E-state index contributed by atoms with van der Waals surface area (Å²) in [5.41, 5.74) is 4.07. The molecule has 1 aromatic carbocycles. The number of hydrogen-bond donors (Lipinski definition) is 1. The maximum absolute atomic E-state index is 13.0. The molecule has 0 saturated heterocycles. The van der Waals surface area contributed by atoms with E-state index in [0.717, 1.165) is 47.0 Å². The number of nitrogens with one attached hydrogen (secondary N) is 1. The lowest BCUT2D eigenvalue weighted by molar-refractivity contribution is -0.122. The van der Waals surface area contributed by atoms with Gasteiger partial charge < -0.3 is 5.32 Å². The Kier molecular flexibility index (Phi) is 8.80. The molecule has 1 aromatic heterocycles. The zero-order valence-corrected chi connectivity index (χ0v) is 21.7. The maximum Gasteiger partial charge on any atom is 0.257 e. The lowest BCUT2D eigenvalue weighted by atomic mass is 9.86. The van der Waals surface area contributed by atoms with E-state index in [1.165, 1.54) is 24.8 Å². The van der Waals surface area contributed by atoms with E-state index in [9.17, 15) is 9.59 Å². The van der Waals surface area contributed by atoms with Crippen molar-refractivity contribution in [1.29, 1.82) is 0 Å². The van der Waals surface area contributed by atoms with Crippen molar-refractivity contribution in [3.8, 4) is 0 Å². The topological polar surface area (TPSA) is 64.0 Å². The summed E-state index contributed by atoms with van der Waals surface area (Å²) in [6.45, 7) is 8.52. The van der Waals surface area contributed by atoms with Crippen LogP contribution < -0.4 is 10.9 Å². The molecule has 5 nitrogen and oxygen atoms in total. The van der Waals surface area contributed by atoms with Gasteiger partial charge in [0.15, 0.2) is 5.16 Å². The zero-order chi connectivity index (χ0) is 24.0. The van der Waals surface area contributed by atoms with Crippen molar-refractivity contribution in [2.45, 2.75) is 95.7 Å². The van der Waals surface area contributed by atoms with E-state index in [-0.39, 0.29) is 16.9 Å². The van der Waals surface area contributed by atoms with Crippen LogP contribution in [-0.4, -0.2) is 27.3 Å². The Morgan fingerprint density at radius 1 is 1.15 bits per heavy atom. The number of thioether (sulfide) groups is 1. The van der Waals surface area contributed by atoms with Gasteiger partial charge in [0, 0.05) is 42.9 Å². The van der Waals surface area contributed by atoms with Crippen LogP contribution in [0.4, 0.5) is 0 Å². The monoisotopic (exact) mass is 469 g/mol. The molecule has 1 amide bonds. The minimum absolute atomic E-state index is 0.0138. The number of amides is 1. The van der Waals surface area contributed by atoms with Gasteiger partial charge in [-0.05, 0) is 42.7 Å². The van der Waals surface area contributed by atoms with Crippen LogP contribution >= 0.6 is 11.8 Å². The molecule has 1 aliphatic carbocycles. The summed E-state index contributed by atoms with van der Waals surface area (Å²) in [5, 5.41) is 3.89. The van der Waals surface area contributed by atoms with E-state index in [1.54, 1.807) is 23.4 Å². The van der Waals surface area contributed by atoms with E-state index in [1.807, 2.05) is 6.92 Å². The van der Waals surface area contributed by atoms with Crippen LogP contribution in [0.2, 0.25) is 0 Å². The number of aromatic nitrogens is 2. The molecule has 1 aliphatic rings. The third-order valence-electron chi connectivity index (χ3n) is 6.50. The fourth-order valence-electron chi connectivity index (χ4n) is 4.33. The third-order valence-corrected chi connectivity index (χ3v) is 7.62. The summed E-state index contributed by atoms with van der Waals surface area (Å²) >= 11 is 1.55. The second-order valence-corrected chi connectivity index (χ2v) is 11.4. The van der Waals surface area contributed by atoms with Gasteiger partial charge >= 0.3 is 0 Å². The summed E-state index contributed by atoms with van der Waals surface area (Å²) in [7, 11) is 1.79. The summed E-state index contributed by atoms with van der Waals surface area (Å²) in [6, 6.07) is 8.89.